The zero-order chi connectivity index (χ0) is 10.4. The van der Waals surface area contributed by atoms with E-state index in [9.17, 15) is 9.59 Å². The summed E-state index contributed by atoms with van der Waals surface area (Å²) in [7, 11) is 0. The zero-order valence-electron chi connectivity index (χ0n) is 7.19. The van der Waals surface area contributed by atoms with Crippen LogP contribution in [-0.2, 0) is 0 Å². The molecule has 0 bridgehead atoms. The molecule has 0 radical (unpaired) electrons. The lowest BCUT2D eigenvalue weighted by Crippen LogP contribution is -2.34. The van der Waals surface area contributed by atoms with Crippen molar-refractivity contribution in [2.24, 2.45) is 0 Å². The van der Waals surface area contributed by atoms with Crippen molar-refractivity contribution in [1.29, 1.82) is 0 Å². The van der Waals surface area contributed by atoms with Gasteiger partial charge >= 0.3 is 6.09 Å². The van der Waals surface area contributed by atoms with Gasteiger partial charge in [0, 0.05) is 13.1 Å². The highest BCUT2D eigenvalue weighted by Gasteiger charge is 2.06. The van der Waals surface area contributed by atoms with Gasteiger partial charge in [-0.15, -0.1) is 0 Å². The van der Waals surface area contributed by atoms with Gasteiger partial charge in [0.25, 0.3) is 5.91 Å². The summed E-state index contributed by atoms with van der Waals surface area (Å²) in [4.78, 5) is 24.8. The van der Waals surface area contributed by atoms with Crippen LogP contribution >= 0.6 is 0 Å². The smallest absolute Gasteiger partial charge is 0.404 e. The van der Waals surface area contributed by atoms with Crippen molar-refractivity contribution >= 4 is 12.0 Å². The molecule has 7 heteroatoms. The third kappa shape index (κ3) is 3.13. The summed E-state index contributed by atoms with van der Waals surface area (Å²) in [5.41, 5.74) is 0.167. The largest absolute Gasteiger partial charge is 0.465 e. The van der Waals surface area contributed by atoms with Crippen molar-refractivity contribution in [3.05, 3.63) is 18.4 Å². The van der Waals surface area contributed by atoms with Gasteiger partial charge in [-0.05, 0) is 0 Å². The topological polar surface area (TPSA) is 104 Å². The van der Waals surface area contributed by atoms with Crippen LogP contribution in [0.15, 0.2) is 17.1 Å². The lowest BCUT2D eigenvalue weighted by molar-refractivity contribution is 0.0948. The third-order valence-electron chi connectivity index (χ3n) is 1.35. The van der Waals surface area contributed by atoms with Crippen LogP contribution in [0.2, 0.25) is 0 Å². The molecule has 1 aromatic rings. The van der Waals surface area contributed by atoms with Gasteiger partial charge < -0.3 is 20.2 Å². The van der Waals surface area contributed by atoms with Crippen LogP contribution in [-0.4, -0.2) is 35.2 Å². The number of rotatable bonds is 4. The molecule has 0 aromatic carbocycles. The lowest BCUT2D eigenvalue weighted by atomic mass is 10.4. The van der Waals surface area contributed by atoms with Gasteiger partial charge in [-0.1, -0.05) is 0 Å². The summed E-state index contributed by atoms with van der Waals surface area (Å²) in [5, 5.41) is 12.8. The minimum Gasteiger partial charge on any atom is -0.465 e. The van der Waals surface area contributed by atoms with E-state index in [-0.39, 0.29) is 18.8 Å². The molecule has 0 fully saturated rings. The number of hydrogen-bond donors (Lipinski definition) is 3. The standard InChI is InChI=1S/C7H9N3O4/c11-6(5-3-14-4-10-5)8-1-2-9-7(12)13/h3-4,9H,1-2H2,(H,8,11)(H,12,13). The van der Waals surface area contributed by atoms with Crippen LogP contribution < -0.4 is 10.6 Å². The molecule has 76 valence electrons. The molecule has 0 saturated heterocycles. The molecule has 0 atom stereocenters. The average Bonchev–Trinajstić information content (AvgIpc) is 2.64. The van der Waals surface area contributed by atoms with Gasteiger partial charge in [-0.2, -0.15) is 0 Å². The van der Waals surface area contributed by atoms with Gasteiger partial charge in [0.2, 0.25) is 0 Å². The van der Waals surface area contributed by atoms with Crippen LogP contribution in [0.25, 0.3) is 0 Å². The molecule has 7 nitrogen and oxygen atoms in total. The Kier molecular flexibility index (Phi) is 3.48. The highest BCUT2D eigenvalue weighted by atomic mass is 16.4. The maximum absolute atomic E-state index is 11.1. The van der Waals surface area contributed by atoms with E-state index in [1.54, 1.807) is 0 Å². The molecule has 0 saturated carbocycles. The van der Waals surface area contributed by atoms with Gasteiger partial charge in [0.15, 0.2) is 12.1 Å². The van der Waals surface area contributed by atoms with E-state index >= 15 is 0 Å². The second-order valence-corrected chi connectivity index (χ2v) is 2.36. The normalized spacial score (nSPS) is 9.43. The molecular weight excluding hydrogens is 190 g/mol. The van der Waals surface area contributed by atoms with Crippen LogP contribution in [0.3, 0.4) is 0 Å². The van der Waals surface area contributed by atoms with Crippen LogP contribution in [0.4, 0.5) is 4.79 Å². The Bertz CT molecular complexity index is 309. The fraction of sp³-hybridized carbons (Fsp3) is 0.286. The molecule has 0 aliphatic rings. The molecule has 3 N–H and O–H groups in total. The van der Waals surface area contributed by atoms with Crippen molar-refractivity contribution < 1.29 is 19.1 Å². The number of oxazole rings is 1. The van der Waals surface area contributed by atoms with Gasteiger partial charge in [0.1, 0.15) is 6.26 Å². The molecule has 0 aliphatic heterocycles. The number of nitrogens with one attached hydrogen (secondary N) is 2. The fourth-order valence-corrected chi connectivity index (χ4v) is 0.761. The molecule has 1 heterocycles. The number of amides is 2. The Morgan fingerprint density at radius 1 is 1.43 bits per heavy atom. The minimum absolute atomic E-state index is 0.152. The Labute approximate surface area is 79.1 Å². The monoisotopic (exact) mass is 199 g/mol. The van der Waals surface area contributed by atoms with Crippen molar-refractivity contribution in [2.45, 2.75) is 0 Å². The summed E-state index contributed by atoms with van der Waals surface area (Å²) in [6.07, 6.45) is 1.23. The quantitative estimate of drug-likeness (QED) is 0.576. The van der Waals surface area contributed by atoms with Crippen molar-refractivity contribution in [1.82, 2.24) is 15.6 Å². The van der Waals surface area contributed by atoms with Gasteiger partial charge in [-0.3, -0.25) is 4.79 Å². The van der Waals surface area contributed by atoms with Crippen LogP contribution in [0, 0.1) is 0 Å². The number of carbonyl (C=O) groups excluding carboxylic acids is 1. The summed E-state index contributed by atoms with van der Waals surface area (Å²) >= 11 is 0. The van der Waals surface area contributed by atoms with Crippen LogP contribution in [0.5, 0.6) is 0 Å². The first-order valence-electron chi connectivity index (χ1n) is 3.83. The maximum atomic E-state index is 11.1. The summed E-state index contributed by atoms with van der Waals surface area (Å²) in [5.74, 6) is -0.397. The molecule has 2 amide bonds. The Hall–Kier alpha value is -2.05. The molecule has 0 spiro atoms. The summed E-state index contributed by atoms with van der Waals surface area (Å²) in [6, 6.07) is 0. The minimum atomic E-state index is -1.12. The first kappa shape index (κ1) is 10.0. The van der Waals surface area contributed by atoms with E-state index in [1.807, 2.05) is 0 Å². The number of hydrogen-bond acceptors (Lipinski definition) is 4. The maximum Gasteiger partial charge on any atom is 0.404 e. The van der Waals surface area contributed by atoms with E-state index in [0.717, 1.165) is 6.39 Å². The Morgan fingerprint density at radius 2 is 2.14 bits per heavy atom. The number of carbonyl (C=O) groups is 2. The van der Waals surface area contributed by atoms with Gasteiger partial charge in [0.05, 0.1) is 0 Å². The molecule has 1 aromatic heterocycles. The van der Waals surface area contributed by atoms with E-state index in [2.05, 4.69) is 20.0 Å². The van der Waals surface area contributed by atoms with E-state index in [4.69, 9.17) is 5.11 Å². The average molecular weight is 199 g/mol. The van der Waals surface area contributed by atoms with E-state index in [0.29, 0.717) is 0 Å². The van der Waals surface area contributed by atoms with E-state index in [1.165, 1.54) is 6.26 Å². The number of aromatic nitrogens is 1. The second-order valence-electron chi connectivity index (χ2n) is 2.36. The molecule has 14 heavy (non-hydrogen) atoms. The Balaban J connectivity index is 2.19. The van der Waals surface area contributed by atoms with Crippen molar-refractivity contribution in [3.63, 3.8) is 0 Å². The van der Waals surface area contributed by atoms with Gasteiger partial charge in [-0.25, -0.2) is 9.78 Å². The zero-order valence-corrected chi connectivity index (χ0v) is 7.19. The lowest BCUT2D eigenvalue weighted by Gasteiger charge is -2.01. The Morgan fingerprint density at radius 3 is 2.71 bits per heavy atom. The predicted octanol–water partition coefficient (Wildman–Crippen LogP) is -0.328. The second kappa shape index (κ2) is 4.85. The number of nitrogens with zero attached hydrogens (tertiary/aromatic N) is 1. The van der Waals surface area contributed by atoms with Crippen LogP contribution in [0.1, 0.15) is 10.5 Å². The SMILES string of the molecule is O=C(O)NCCNC(=O)c1cocn1. The molecule has 1 rings (SSSR count). The predicted molar refractivity (Wildman–Crippen MR) is 44.9 cm³/mol. The molecule has 0 unspecified atom stereocenters. The summed E-state index contributed by atoms with van der Waals surface area (Å²) < 4.78 is 4.60. The van der Waals surface area contributed by atoms with Crippen molar-refractivity contribution in [3.8, 4) is 0 Å². The highest BCUT2D eigenvalue weighted by molar-refractivity contribution is 5.91. The highest BCUT2D eigenvalue weighted by Crippen LogP contribution is 1.92. The first-order valence-corrected chi connectivity index (χ1v) is 3.83. The fourth-order valence-electron chi connectivity index (χ4n) is 0.761. The van der Waals surface area contributed by atoms with E-state index < -0.39 is 12.0 Å². The first-order chi connectivity index (χ1) is 6.70. The molecule has 0 aliphatic carbocycles. The van der Waals surface area contributed by atoms with Crippen molar-refractivity contribution in [2.75, 3.05) is 13.1 Å². The number of carboxylic acid groups (broad SMARTS) is 1. The molecular formula is C7H9N3O4. The summed E-state index contributed by atoms with van der Waals surface area (Å²) in [6.45, 7) is 0.358. The third-order valence-corrected chi connectivity index (χ3v) is 1.35.